The summed E-state index contributed by atoms with van der Waals surface area (Å²) in [5.41, 5.74) is 0.676. The van der Waals surface area contributed by atoms with Gasteiger partial charge in [-0.25, -0.2) is 0 Å². The normalized spacial score (nSPS) is 19.3. The van der Waals surface area contributed by atoms with E-state index in [0.717, 1.165) is 0 Å². The largest absolute Gasteiger partial charge is 0.344 e. The van der Waals surface area contributed by atoms with Crippen LogP contribution in [0.5, 0.6) is 0 Å². The summed E-state index contributed by atoms with van der Waals surface area (Å²) in [7, 11) is 0. The summed E-state index contributed by atoms with van der Waals surface area (Å²) in [6.07, 6.45) is 0.969. The van der Waals surface area contributed by atoms with Crippen LogP contribution in [0.3, 0.4) is 0 Å². The Morgan fingerprint density at radius 3 is 2.62 bits per heavy atom. The predicted octanol–water partition coefficient (Wildman–Crippen LogP) is 1.56. The zero-order valence-corrected chi connectivity index (χ0v) is 9.25. The molecule has 5 heteroatoms. The molecule has 0 radical (unpaired) electrons. The minimum absolute atomic E-state index is 0.0729. The lowest BCUT2D eigenvalue weighted by atomic mass is 10.2. The number of halogens is 1. The molecule has 1 fully saturated rings. The van der Waals surface area contributed by atoms with Crippen LogP contribution in [0.4, 0.5) is 5.69 Å². The lowest BCUT2D eigenvalue weighted by Gasteiger charge is -2.10. The molecule has 0 aliphatic carbocycles. The lowest BCUT2D eigenvalue weighted by molar-refractivity contribution is -0.122. The Hall–Kier alpha value is -1.55. The Bertz CT molecular complexity index is 416. The van der Waals surface area contributed by atoms with Crippen molar-refractivity contribution in [2.45, 2.75) is 18.9 Å². The monoisotopic (exact) mass is 238 g/mol. The van der Waals surface area contributed by atoms with Gasteiger partial charge >= 0.3 is 0 Å². The first-order valence-corrected chi connectivity index (χ1v) is 5.39. The van der Waals surface area contributed by atoms with Crippen molar-refractivity contribution in [2.75, 3.05) is 5.32 Å². The van der Waals surface area contributed by atoms with Crippen LogP contribution in [0.15, 0.2) is 24.3 Å². The van der Waals surface area contributed by atoms with Crippen molar-refractivity contribution in [1.29, 1.82) is 0 Å². The lowest BCUT2D eigenvalue weighted by Crippen LogP contribution is -2.37. The van der Waals surface area contributed by atoms with Crippen molar-refractivity contribution in [3.05, 3.63) is 29.3 Å². The van der Waals surface area contributed by atoms with Crippen molar-refractivity contribution in [1.82, 2.24) is 5.32 Å². The van der Waals surface area contributed by atoms with E-state index < -0.39 is 6.04 Å². The van der Waals surface area contributed by atoms with Gasteiger partial charge in [-0.15, -0.1) is 0 Å². The molecule has 4 nitrogen and oxygen atoms in total. The third-order valence-electron chi connectivity index (χ3n) is 2.42. The molecule has 2 rings (SSSR count). The van der Waals surface area contributed by atoms with Crippen LogP contribution in [0.2, 0.25) is 5.02 Å². The minimum Gasteiger partial charge on any atom is -0.344 e. The second-order valence-corrected chi connectivity index (χ2v) is 4.09. The van der Waals surface area contributed by atoms with Crippen LogP contribution < -0.4 is 10.6 Å². The zero-order chi connectivity index (χ0) is 11.5. The van der Waals surface area contributed by atoms with Gasteiger partial charge in [-0.1, -0.05) is 11.6 Å². The highest BCUT2D eigenvalue weighted by Gasteiger charge is 2.26. The smallest absolute Gasteiger partial charge is 0.246 e. The molecule has 2 N–H and O–H groups in total. The predicted molar refractivity (Wildman–Crippen MR) is 61.2 cm³/mol. The maximum atomic E-state index is 11.7. The summed E-state index contributed by atoms with van der Waals surface area (Å²) >= 11 is 5.72. The van der Waals surface area contributed by atoms with E-state index in [4.69, 9.17) is 11.6 Å². The fraction of sp³-hybridized carbons (Fsp3) is 0.273. The second kappa shape index (κ2) is 4.53. The molecule has 0 bridgehead atoms. The van der Waals surface area contributed by atoms with Crippen molar-refractivity contribution < 1.29 is 9.59 Å². The highest BCUT2D eigenvalue weighted by atomic mass is 35.5. The molecule has 1 heterocycles. The third-order valence-corrected chi connectivity index (χ3v) is 2.68. The first kappa shape index (κ1) is 11.0. The molecule has 16 heavy (non-hydrogen) atoms. The quantitative estimate of drug-likeness (QED) is 0.822. The van der Waals surface area contributed by atoms with Crippen LogP contribution in [-0.2, 0) is 9.59 Å². The molecule has 0 spiro atoms. The van der Waals surface area contributed by atoms with Crippen LogP contribution in [0.1, 0.15) is 12.8 Å². The summed E-state index contributed by atoms with van der Waals surface area (Å²) in [6, 6.07) is 6.42. The molecule has 0 saturated carbocycles. The van der Waals surface area contributed by atoms with E-state index in [1.54, 1.807) is 24.3 Å². The molecule has 1 aromatic rings. The van der Waals surface area contributed by atoms with Gasteiger partial charge in [0.25, 0.3) is 0 Å². The number of amides is 2. The van der Waals surface area contributed by atoms with Crippen molar-refractivity contribution >= 4 is 29.1 Å². The second-order valence-electron chi connectivity index (χ2n) is 3.65. The maximum absolute atomic E-state index is 11.7. The van der Waals surface area contributed by atoms with Gasteiger partial charge in [0.1, 0.15) is 6.04 Å². The molecular formula is C11H11ClN2O2. The van der Waals surface area contributed by atoms with Crippen LogP contribution in [-0.4, -0.2) is 17.9 Å². The van der Waals surface area contributed by atoms with E-state index in [2.05, 4.69) is 10.6 Å². The number of hydrogen-bond donors (Lipinski definition) is 2. The van der Waals surface area contributed by atoms with E-state index in [1.807, 2.05) is 0 Å². The number of anilines is 1. The van der Waals surface area contributed by atoms with Gasteiger partial charge in [0.15, 0.2) is 0 Å². The van der Waals surface area contributed by atoms with Crippen molar-refractivity contribution in [3.8, 4) is 0 Å². The Kier molecular flexibility index (Phi) is 3.10. The topological polar surface area (TPSA) is 58.2 Å². The van der Waals surface area contributed by atoms with Crippen molar-refractivity contribution in [3.63, 3.8) is 0 Å². The Morgan fingerprint density at radius 2 is 2.06 bits per heavy atom. The van der Waals surface area contributed by atoms with E-state index in [9.17, 15) is 9.59 Å². The van der Waals surface area contributed by atoms with Gasteiger partial charge in [0.2, 0.25) is 11.8 Å². The fourth-order valence-electron chi connectivity index (χ4n) is 1.57. The number of carbonyl (C=O) groups is 2. The van der Waals surface area contributed by atoms with Crippen LogP contribution in [0, 0.1) is 0 Å². The molecule has 84 valence electrons. The highest BCUT2D eigenvalue weighted by molar-refractivity contribution is 6.30. The standard InChI is InChI=1S/C11H11ClN2O2/c12-7-1-3-8(4-2-7)13-11(16)9-5-6-10(15)14-9/h1-4,9H,5-6H2,(H,13,16)(H,14,15)/t9-/m1/s1. The van der Waals surface area contributed by atoms with Gasteiger partial charge in [-0.05, 0) is 30.7 Å². The zero-order valence-electron chi connectivity index (χ0n) is 8.50. The molecule has 0 aromatic heterocycles. The molecule has 1 aliphatic heterocycles. The molecule has 1 aliphatic rings. The van der Waals surface area contributed by atoms with Gasteiger partial charge in [0.05, 0.1) is 0 Å². The summed E-state index contributed by atoms with van der Waals surface area (Å²) in [5, 5.41) is 5.95. The summed E-state index contributed by atoms with van der Waals surface area (Å²) in [4.78, 5) is 22.6. The van der Waals surface area contributed by atoms with Gasteiger partial charge < -0.3 is 10.6 Å². The maximum Gasteiger partial charge on any atom is 0.246 e. The number of nitrogens with one attached hydrogen (secondary N) is 2. The minimum atomic E-state index is -0.414. The first-order chi connectivity index (χ1) is 7.65. The average molecular weight is 239 g/mol. The summed E-state index contributed by atoms with van der Waals surface area (Å²) in [5.74, 6) is -0.260. The number of benzene rings is 1. The van der Waals surface area contributed by atoms with E-state index in [-0.39, 0.29) is 11.8 Å². The Balaban J connectivity index is 1.97. The molecule has 2 amide bonds. The fourth-order valence-corrected chi connectivity index (χ4v) is 1.70. The average Bonchev–Trinajstić information content (AvgIpc) is 2.68. The number of rotatable bonds is 2. The molecule has 1 atom stereocenters. The van der Waals surface area contributed by atoms with Crippen molar-refractivity contribution in [2.24, 2.45) is 0 Å². The highest BCUT2D eigenvalue weighted by Crippen LogP contribution is 2.15. The Labute approximate surface area is 98.0 Å². The van der Waals surface area contributed by atoms with Gasteiger partial charge in [0, 0.05) is 17.1 Å². The number of carbonyl (C=O) groups excluding carboxylic acids is 2. The van der Waals surface area contributed by atoms with Gasteiger partial charge in [-0.2, -0.15) is 0 Å². The summed E-state index contributed by atoms with van der Waals surface area (Å²) < 4.78 is 0. The molecule has 0 unspecified atom stereocenters. The first-order valence-electron chi connectivity index (χ1n) is 5.01. The van der Waals surface area contributed by atoms with E-state index in [0.29, 0.717) is 23.6 Å². The van der Waals surface area contributed by atoms with Crippen LogP contribution in [0.25, 0.3) is 0 Å². The molecule has 1 saturated heterocycles. The van der Waals surface area contributed by atoms with E-state index in [1.165, 1.54) is 0 Å². The molecule has 1 aromatic carbocycles. The SMILES string of the molecule is O=C1CC[C@H](C(=O)Nc2ccc(Cl)cc2)N1. The Morgan fingerprint density at radius 1 is 1.38 bits per heavy atom. The molecular weight excluding hydrogens is 228 g/mol. The third kappa shape index (κ3) is 2.52. The number of hydrogen-bond acceptors (Lipinski definition) is 2. The van der Waals surface area contributed by atoms with Crippen LogP contribution >= 0.6 is 11.6 Å². The summed E-state index contributed by atoms with van der Waals surface area (Å²) in [6.45, 7) is 0. The van der Waals surface area contributed by atoms with Gasteiger partial charge in [-0.3, -0.25) is 9.59 Å². The van der Waals surface area contributed by atoms with E-state index >= 15 is 0 Å².